The number of rotatable bonds is 8. The molecule has 0 N–H and O–H groups in total. The van der Waals surface area contributed by atoms with Crippen LogP contribution in [-0.4, -0.2) is 19.8 Å². The number of unbranched alkanes of at least 4 members (excludes halogenated alkanes) is 2. The normalized spacial score (nSPS) is 25.1. The quantitative estimate of drug-likeness (QED) is 0.585. The second kappa shape index (κ2) is 9.19. The van der Waals surface area contributed by atoms with Crippen LogP contribution in [0.2, 0.25) is 0 Å². The zero-order chi connectivity index (χ0) is 15.8. The van der Waals surface area contributed by atoms with Crippen molar-refractivity contribution in [1.29, 1.82) is 0 Å². The van der Waals surface area contributed by atoms with Gasteiger partial charge in [-0.15, -0.1) is 0 Å². The number of methoxy groups -OCH3 is 1. The first-order chi connectivity index (χ1) is 10.8. The molecule has 0 radical (unpaired) electrons. The number of benzene rings is 1. The SMILES string of the molecule is CCCCCC1CCC(c2ccc(OCC)cc2)C(OC)C1. The molecule has 0 spiro atoms. The Labute approximate surface area is 136 Å². The summed E-state index contributed by atoms with van der Waals surface area (Å²) in [6, 6.07) is 8.63. The summed E-state index contributed by atoms with van der Waals surface area (Å²) in [5, 5.41) is 0. The van der Waals surface area contributed by atoms with Crippen molar-refractivity contribution in [1.82, 2.24) is 0 Å². The molecule has 2 heteroatoms. The Morgan fingerprint density at radius 1 is 1.05 bits per heavy atom. The molecule has 0 aliphatic heterocycles. The van der Waals surface area contributed by atoms with Crippen LogP contribution in [0.25, 0.3) is 0 Å². The first kappa shape index (κ1) is 17.3. The highest BCUT2D eigenvalue weighted by Crippen LogP contribution is 2.39. The number of ether oxygens (including phenoxy) is 2. The van der Waals surface area contributed by atoms with Gasteiger partial charge in [-0.3, -0.25) is 0 Å². The molecule has 2 rings (SSSR count). The van der Waals surface area contributed by atoms with Crippen molar-refractivity contribution in [3.8, 4) is 5.75 Å². The maximum atomic E-state index is 5.84. The molecule has 2 nitrogen and oxygen atoms in total. The molecule has 3 atom stereocenters. The van der Waals surface area contributed by atoms with Crippen molar-refractivity contribution in [3.63, 3.8) is 0 Å². The second-order valence-electron chi connectivity index (χ2n) is 6.56. The first-order valence-electron chi connectivity index (χ1n) is 9.04. The van der Waals surface area contributed by atoms with Crippen LogP contribution in [0.4, 0.5) is 0 Å². The van der Waals surface area contributed by atoms with E-state index in [1.807, 2.05) is 14.0 Å². The average Bonchev–Trinajstić information content (AvgIpc) is 2.56. The molecule has 1 aromatic carbocycles. The predicted molar refractivity (Wildman–Crippen MR) is 92.6 cm³/mol. The summed E-state index contributed by atoms with van der Waals surface area (Å²) in [6.45, 7) is 5.03. The fourth-order valence-electron chi connectivity index (χ4n) is 3.78. The van der Waals surface area contributed by atoms with Crippen LogP contribution in [0.15, 0.2) is 24.3 Å². The van der Waals surface area contributed by atoms with E-state index < -0.39 is 0 Å². The van der Waals surface area contributed by atoms with Gasteiger partial charge in [0, 0.05) is 13.0 Å². The van der Waals surface area contributed by atoms with Gasteiger partial charge in [0.2, 0.25) is 0 Å². The topological polar surface area (TPSA) is 18.5 Å². The summed E-state index contributed by atoms with van der Waals surface area (Å²) >= 11 is 0. The van der Waals surface area contributed by atoms with Gasteiger partial charge in [0.05, 0.1) is 12.7 Å². The van der Waals surface area contributed by atoms with E-state index in [2.05, 4.69) is 31.2 Å². The molecule has 0 heterocycles. The lowest BCUT2D eigenvalue weighted by molar-refractivity contribution is 0.0304. The van der Waals surface area contributed by atoms with Crippen LogP contribution in [0.5, 0.6) is 5.75 Å². The van der Waals surface area contributed by atoms with E-state index in [-0.39, 0.29) is 0 Å². The van der Waals surface area contributed by atoms with E-state index in [4.69, 9.17) is 9.47 Å². The third kappa shape index (κ3) is 4.74. The fourth-order valence-corrected chi connectivity index (χ4v) is 3.78. The molecule has 0 bridgehead atoms. The molecule has 124 valence electrons. The predicted octanol–water partition coefficient (Wildman–Crippen LogP) is 5.56. The minimum Gasteiger partial charge on any atom is -0.494 e. The summed E-state index contributed by atoms with van der Waals surface area (Å²) in [5.41, 5.74) is 1.40. The third-order valence-corrected chi connectivity index (χ3v) is 5.04. The van der Waals surface area contributed by atoms with Crippen molar-refractivity contribution in [2.75, 3.05) is 13.7 Å². The van der Waals surface area contributed by atoms with Crippen LogP contribution >= 0.6 is 0 Å². The molecule has 0 aromatic heterocycles. The Morgan fingerprint density at radius 2 is 1.82 bits per heavy atom. The maximum absolute atomic E-state index is 5.84. The summed E-state index contributed by atoms with van der Waals surface area (Å²) < 4.78 is 11.4. The highest BCUT2D eigenvalue weighted by atomic mass is 16.5. The summed E-state index contributed by atoms with van der Waals surface area (Å²) in [6.07, 6.45) is 9.64. The van der Waals surface area contributed by atoms with Gasteiger partial charge >= 0.3 is 0 Å². The van der Waals surface area contributed by atoms with Crippen LogP contribution in [0.3, 0.4) is 0 Å². The van der Waals surface area contributed by atoms with Gasteiger partial charge in [-0.05, 0) is 49.8 Å². The molecular formula is C20H32O2. The van der Waals surface area contributed by atoms with Crippen molar-refractivity contribution < 1.29 is 9.47 Å². The monoisotopic (exact) mass is 304 g/mol. The molecule has 1 fully saturated rings. The lowest BCUT2D eigenvalue weighted by atomic mass is 9.75. The standard InChI is InChI=1S/C20H32O2/c1-4-6-7-8-16-9-14-19(20(15-16)21-3)17-10-12-18(13-11-17)22-5-2/h10-13,16,19-20H,4-9,14-15H2,1-3H3. The van der Waals surface area contributed by atoms with E-state index in [0.717, 1.165) is 18.3 Å². The van der Waals surface area contributed by atoms with Gasteiger partial charge in [-0.1, -0.05) is 44.7 Å². The smallest absolute Gasteiger partial charge is 0.119 e. The van der Waals surface area contributed by atoms with Crippen LogP contribution in [0.1, 0.15) is 70.3 Å². The largest absolute Gasteiger partial charge is 0.494 e. The lowest BCUT2D eigenvalue weighted by Gasteiger charge is -2.35. The number of hydrogen-bond acceptors (Lipinski definition) is 2. The van der Waals surface area contributed by atoms with E-state index in [1.54, 1.807) is 0 Å². The Hall–Kier alpha value is -1.02. The number of hydrogen-bond donors (Lipinski definition) is 0. The molecule has 0 amide bonds. The van der Waals surface area contributed by atoms with Crippen LogP contribution in [-0.2, 0) is 4.74 Å². The third-order valence-electron chi connectivity index (χ3n) is 5.04. The summed E-state index contributed by atoms with van der Waals surface area (Å²) in [5.74, 6) is 2.37. The highest BCUT2D eigenvalue weighted by molar-refractivity contribution is 5.30. The Bertz CT molecular complexity index is 412. The zero-order valence-corrected chi connectivity index (χ0v) is 14.5. The summed E-state index contributed by atoms with van der Waals surface area (Å²) in [7, 11) is 1.88. The Kier molecular flexibility index (Phi) is 7.24. The fraction of sp³-hybridized carbons (Fsp3) is 0.700. The van der Waals surface area contributed by atoms with Crippen molar-refractivity contribution in [2.45, 2.75) is 70.8 Å². The first-order valence-corrected chi connectivity index (χ1v) is 9.04. The van der Waals surface area contributed by atoms with E-state index >= 15 is 0 Å². The zero-order valence-electron chi connectivity index (χ0n) is 14.5. The van der Waals surface area contributed by atoms with E-state index in [9.17, 15) is 0 Å². The Morgan fingerprint density at radius 3 is 2.45 bits per heavy atom. The molecule has 0 saturated heterocycles. The maximum Gasteiger partial charge on any atom is 0.119 e. The van der Waals surface area contributed by atoms with Crippen molar-refractivity contribution in [2.24, 2.45) is 5.92 Å². The van der Waals surface area contributed by atoms with Crippen LogP contribution in [0, 0.1) is 5.92 Å². The minimum absolute atomic E-state index is 0.373. The molecule has 1 aromatic rings. The van der Waals surface area contributed by atoms with E-state index in [1.165, 1.54) is 50.5 Å². The van der Waals surface area contributed by atoms with Crippen molar-refractivity contribution in [3.05, 3.63) is 29.8 Å². The second-order valence-corrected chi connectivity index (χ2v) is 6.56. The van der Waals surface area contributed by atoms with Gasteiger partial charge in [-0.2, -0.15) is 0 Å². The minimum atomic E-state index is 0.373. The molecule has 22 heavy (non-hydrogen) atoms. The van der Waals surface area contributed by atoms with Crippen molar-refractivity contribution >= 4 is 0 Å². The van der Waals surface area contributed by atoms with E-state index in [0.29, 0.717) is 12.0 Å². The molecule has 1 aliphatic carbocycles. The van der Waals surface area contributed by atoms with Gasteiger partial charge in [0.25, 0.3) is 0 Å². The van der Waals surface area contributed by atoms with Gasteiger partial charge in [-0.25, -0.2) is 0 Å². The van der Waals surface area contributed by atoms with Gasteiger partial charge < -0.3 is 9.47 Å². The Balaban J connectivity index is 1.93. The van der Waals surface area contributed by atoms with Gasteiger partial charge in [0.1, 0.15) is 5.75 Å². The molecule has 1 saturated carbocycles. The highest BCUT2D eigenvalue weighted by Gasteiger charge is 2.31. The molecule has 3 unspecified atom stereocenters. The average molecular weight is 304 g/mol. The van der Waals surface area contributed by atoms with Crippen LogP contribution < -0.4 is 4.74 Å². The van der Waals surface area contributed by atoms with Gasteiger partial charge in [0.15, 0.2) is 0 Å². The molecule has 1 aliphatic rings. The lowest BCUT2D eigenvalue weighted by Crippen LogP contribution is -2.29. The summed E-state index contributed by atoms with van der Waals surface area (Å²) in [4.78, 5) is 0. The molecular weight excluding hydrogens is 272 g/mol.